The molecule has 0 fully saturated rings. The minimum atomic E-state index is 0.664. The fourth-order valence-electron chi connectivity index (χ4n) is 2.47. The number of hydrogen-bond donors (Lipinski definition) is 2. The number of aliphatic imine (C=N–C) groups is 1. The Morgan fingerprint density at radius 3 is 2.56 bits per heavy atom. The maximum atomic E-state index is 4.75. The summed E-state index contributed by atoms with van der Waals surface area (Å²) in [6.07, 6.45) is 3.00. The average molecular weight is 360 g/mol. The van der Waals surface area contributed by atoms with Gasteiger partial charge in [-0.1, -0.05) is 31.2 Å². The van der Waals surface area contributed by atoms with Gasteiger partial charge in [-0.15, -0.1) is 11.3 Å². The minimum Gasteiger partial charge on any atom is -0.357 e. The zero-order valence-corrected chi connectivity index (χ0v) is 16.5. The van der Waals surface area contributed by atoms with Gasteiger partial charge < -0.3 is 15.5 Å². The van der Waals surface area contributed by atoms with Crippen molar-refractivity contribution in [1.82, 2.24) is 20.5 Å². The molecule has 0 aliphatic heterocycles. The third kappa shape index (κ3) is 6.48. The number of benzene rings is 1. The van der Waals surface area contributed by atoms with Crippen LogP contribution in [0.25, 0.3) is 0 Å². The molecule has 0 unspecified atom stereocenters. The molecule has 0 bridgehead atoms. The number of thiazole rings is 1. The monoisotopic (exact) mass is 359 g/mol. The van der Waals surface area contributed by atoms with Crippen molar-refractivity contribution in [3.8, 4) is 0 Å². The molecule has 0 amide bonds. The largest absolute Gasteiger partial charge is 0.357 e. The molecule has 2 aromatic rings. The average Bonchev–Trinajstić information content (AvgIpc) is 3.06. The van der Waals surface area contributed by atoms with Crippen molar-refractivity contribution in [2.45, 2.75) is 39.9 Å². The first-order chi connectivity index (χ1) is 12.1. The van der Waals surface area contributed by atoms with Crippen LogP contribution < -0.4 is 10.6 Å². The molecular formula is C19H29N5S. The van der Waals surface area contributed by atoms with Crippen molar-refractivity contribution in [2.24, 2.45) is 4.99 Å². The first kappa shape index (κ1) is 19.4. The van der Waals surface area contributed by atoms with E-state index in [-0.39, 0.29) is 0 Å². The van der Waals surface area contributed by atoms with Crippen molar-refractivity contribution >= 4 is 17.3 Å². The molecule has 2 rings (SSSR count). The fraction of sp³-hybridized carbons (Fsp3) is 0.474. The van der Waals surface area contributed by atoms with Crippen LogP contribution in [0.15, 0.2) is 35.5 Å². The second-order valence-corrected chi connectivity index (χ2v) is 7.33. The van der Waals surface area contributed by atoms with Crippen molar-refractivity contribution in [3.63, 3.8) is 0 Å². The maximum absolute atomic E-state index is 4.75. The van der Waals surface area contributed by atoms with E-state index in [1.165, 1.54) is 16.0 Å². The molecule has 25 heavy (non-hydrogen) atoms. The molecular weight excluding hydrogens is 330 g/mol. The smallest absolute Gasteiger partial charge is 0.191 e. The third-order valence-electron chi connectivity index (χ3n) is 3.71. The molecule has 1 aromatic carbocycles. The number of hydrogen-bond acceptors (Lipinski definition) is 4. The van der Waals surface area contributed by atoms with Crippen LogP contribution in [0.2, 0.25) is 0 Å². The van der Waals surface area contributed by atoms with Crippen molar-refractivity contribution in [2.75, 3.05) is 20.6 Å². The van der Waals surface area contributed by atoms with Gasteiger partial charge in [0.25, 0.3) is 0 Å². The molecule has 6 heteroatoms. The van der Waals surface area contributed by atoms with Crippen LogP contribution in [0.3, 0.4) is 0 Å². The van der Waals surface area contributed by atoms with Crippen LogP contribution in [0.5, 0.6) is 0 Å². The summed E-state index contributed by atoms with van der Waals surface area (Å²) in [7, 11) is 4.18. The van der Waals surface area contributed by atoms with Crippen molar-refractivity contribution < 1.29 is 0 Å². The molecule has 2 N–H and O–H groups in total. The number of aromatic nitrogens is 1. The molecule has 5 nitrogen and oxygen atoms in total. The molecule has 0 saturated heterocycles. The quantitative estimate of drug-likeness (QED) is 0.562. The summed E-state index contributed by atoms with van der Waals surface area (Å²) in [6.45, 7) is 7.36. The third-order valence-corrected chi connectivity index (χ3v) is 4.86. The van der Waals surface area contributed by atoms with Crippen molar-refractivity contribution in [1.29, 1.82) is 0 Å². The minimum absolute atomic E-state index is 0.664. The SMILES string of the molecule is CCNC(=NCc1ccccc1CN(C)C)NCc1ncc(CC)s1. The molecule has 0 aliphatic rings. The summed E-state index contributed by atoms with van der Waals surface area (Å²) in [4.78, 5) is 12.7. The molecule has 1 aromatic heterocycles. The lowest BCUT2D eigenvalue weighted by atomic mass is 10.1. The highest BCUT2D eigenvalue weighted by atomic mass is 32.1. The van der Waals surface area contributed by atoms with Gasteiger partial charge in [0.05, 0.1) is 13.1 Å². The zero-order valence-electron chi connectivity index (χ0n) is 15.7. The van der Waals surface area contributed by atoms with Crippen LogP contribution in [0.4, 0.5) is 0 Å². The molecule has 0 aliphatic carbocycles. The van der Waals surface area contributed by atoms with Gasteiger partial charge in [0.1, 0.15) is 5.01 Å². The topological polar surface area (TPSA) is 52.6 Å². The molecule has 0 radical (unpaired) electrons. The van der Waals surface area contributed by atoms with Crippen LogP contribution in [-0.2, 0) is 26.1 Å². The van der Waals surface area contributed by atoms with Crippen LogP contribution in [0.1, 0.15) is 34.9 Å². The van der Waals surface area contributed by atoms with E-state index in [1.807, 2.05) is 6.20 Å². The lowest BCUT2D eigenvalue weighted by molar-refractivity contribution is 0.401. The second-order valence-electron chi connectivity index (χ2n) is 6.13. The van der Waals surface area contributed by atoms with E-state index >= 15 is 0 Å². The Bertz CT molecular complexity index is 678. The number of rotatable bonds is 8. The highest BCUT2D eigenvalue weighted by Crippen LogP contribution is 2.13. The number of nitrogens with one attached hydrogen (secondary N) is 2. The Labute approximate surface area is 155 Å². The predicted octanol–water partition coefficient (Wildman–Crippen LogP) is 3.02. The second kappa shape index (κ2) is 10.2. The summed E-state index contributed by atoms with van der Waals surface area (Å²) in [5.74, 6) is 0.829. The summed E-state index contributed by atoms with van der Waals surface area (Å²) in [5.41, 5.74) is 2.58. The van der Waals surface area contributed by atoms with E-state index in [0.29, 0.717) is 13.1 Å². The Kier molecular flexibility index (Phi) is 7.88. The lowest BCUT2D eigenvalue weighted by Gasteiger charge is -2.14. The number of nitrogens with zero attached hydrogens (tertiary/aromatic N) is 3. The van der Waals surface area contributed by atoms with E-state index in [0.717, 1.165) is 30.5 Å². The summed E-state index contributed by atoms with van der Waals surface area (Å²) >= 11 is 1.75. The van der Waals surface area contributed by atoms with Crippen LogP contribution in [0, 0.1) is 0 Å². The van der Waals surface area contributed by atoms with Gasteiger partial charge >= 0.3 is 0 Å². The van der Waals surface area contributed by atoms with Crippen molar-refractivity contribution in [3.05, 3.63) is 51.5 Å². The maximum Gasteiger partial charge on any atom is 0.191 e. The number of aryl methyl sites for hydroxylation is 1. The highest BCUT2D eigenvalue weighted by Gasteiger charge is 2.05. The normalized spacial score (nSPS) is 11.8. The molecule has 1 heterocycles. The van der Waals surface area contributed by atoms with E-state index in [1.54, 1.807) is 11.3 Å². The van der Waals surface area contributed by atoms with Gasteiger partial charge in [-0.2, -0.15) is 0 Å². The predicted molar refractivity (Wildman–Crippen MR) is 107 cm³/mol. The summed E-state index contributed by atoms with van der Waals surface area (Å²) < 4.78 is 0. The Balaban J connectivity index is 2.01. The van der Waals surface area contributed by atoms with Gasteiger partial charge in [-0.05, 0) is 38.6 Å². The Morgan fingerprint density at radius 1 is 1.16 bits per heavy atom. The first-order valence-electron chi connectivity index (χ1n) is 8.79. The van der Waals surface area contributed by atoms with Gasteiger partial charge in [0.15, 0.2) is 5.96 Å². The van der Waals surface area contributed by atoms with E-state index in [4.69, 9.17) is 4.99 Å². The van der Waals surface area contributed by atoms with Gasteiger partial charge in [0.2, 0.25) is 0 Å². The summed E-state index contributed by atoms with van der Waals surface area (Å²) in [6, 6.07) is 8.49. The zero-order chi connectivity index (χ0) is 18.1. The van der Waals surface area contributed by atoms with Gasteiger partial charge in [-0.3, -0.25) is 0 Å². The number of guanidine groups is 1. The van der Waals surface area contributed by atoms with Gasteiger partial charge in [-0.25, -0.2) is 9.98 Å². The highest BCUT2D eigenvalue weighted by molar-refractivity contribution is 7.11. The molecule has 136 valence electrons. The van der Waals surface area contributed by atoms with Crippen LogP contribution in [-0.4, -0.2) is 36.5 Å². The first-order valence-corrected chi connectivity index (χ1v) is 9.61. The van der Waals surface area contributed by atoms with E-state index in [9.17, 15) is 0 Å². The van der Waals surface area contributed by atoms with Crippen LogP contribution >= 0.6 is 11.3 Å². The summed E-state index contributed by atoms with van der Waals surface area (Å²) in [5, 5.41) is 7.78. The lowest BCUT2D eigenvalue weighted by Crippen LogP contribution is -2.36. The Hall–Kier alpha value is -1.92. The van der Waals surface area contributed by atoms with Gasteiger partial charge in [0, 0.05) is 24.2 Å². The molecule has 0 atom stereocenters. The van der Waals surface area contributed by atoms with E-state index in [2.05, 4.69) is 72.7 Å². The Morgan fingerprint density at radius 2 is 1.92 bits per heavy atom. The standard InChI is InChI=1S/C19H29N5S/c1-5-17-12-21-18(25-17)13-23-19(20-6-2)22-11-15-9-7-8-10-16(15)14-24(3)4/h7-10,12H,5-6,11,13-14H2,1-4H3,(H2,20,22,23). The van der Waals surface area contributed by atoms with E-state index < -0.39 is 0 Å². The fourth-order valence-corrected chi connectivity index (χ4v) is 3.27. The molecule has 0 saturated carbocycles. The molecule has 0 spiro atoms.